The van der Waals surface area contributed by atoms with E-state index in [2.05, 4.69) is 20.5 Å². The quantitative estimate of drug-likeness (QED) is 0.269. The summed E-state index contributed by atoms with van der Waals surface area (Å²) in [6.45, 7) is 2.10. The standard InChI is InChI=1S/C21H19N5O3S/c1-2-29-19(28)12-9-14-7-10-15(11-8-14)22-18(27)13-30-21-25-24-20-23-16-5-3-4-6-17(16)26(20)21/h3-12H,2,13H2,1H3,(H,22,27)(H,23,24). The zero-order valence-electron chi connectivity index (χ0n) is 16.2. The number of fused-ring (bicyclic) bond motifs is 3. The number of hydrogen-bond donors (Lipinski definition) is 2. The average Bonchev–Trinajstić information content (AvgIpc) is 3.31. The maximum Gasteiger partial charge on any atom is 0.330 e. The third-order valence-electron chi connectivity index (χ3n) is 4.23. The van der Waals surface area contributed by atoms with E-state index in [1.54, 1.807) is 25.1 Å². The van der Waals surface area contributed by atoms with E-state index in [0.717, 1.165) is 16.6 Å². The number of ether oxygens (including phenoxy) is 1. The molecule has 0 aliphatic heterocycles. The summed E-state index contributed by atoms with van der Waals surface area (Å²) in [6, 6.07) is 15.0. The number of imidazole rings is 1. The monoisotopic (exact) mass is 421 g/mol. The van der Waals surface area contributed by atoms with E-state index in [4.69, 9.17) is 4.74 Å². The second-order valence-corrected chi connectivity index (χ2v) is 7.25. The topological polar surface area (TPSA) is 101 Å². The third-order valence-corrected chi connectivity index (χ3v) is 5.17. The number of amides is 1. The van der Waals surface area contributed by atoms with Gasteiger partial charge in [0.1, 0.15) is 0 Å². The second-order valence-electron chi connectivity index (χ2n) is 6.31. The number of carbonyl (C=O) groups excluding carboxylic acids is 2. The van der Waals surface area contributed by atoms with Crippen LogP contribution < -0.4 is 5.32 Å². The third kappa shape index (κ3) is 4.36. The highest BCUT2D eigenvalue weighted by Gasteiger charge is 2.13. The molecule has 0 aliphatic rings. The minimum atomic E-state index is -0.384. The zero-order valence-corrected chi connectivity index (χ0v) is 17.0. The Morgan fingerprint density at radius 2 is 2.00 bits per heavy atom. The van der Waals surface area contributed by atoms with Crippen LogP contribution in [0, 0.1) is 0 Å². The number of nitrogens with zero attached hydrogens (tertiary/aromatic N) is 3. The van der Waals surface area contributed by atoms with Crippen molar-refractivity contribution >= 4 is 52.2 Å². The van der Waals surface area contributed by atoms with E-state index in [1.165, 1.54) is 17.8 Å². The van der Waals surface area contributed by atoms with Crippen molar-refractivity contribution in [2.45, 2.75) is 12.1 Å². The first-order valence-electron chi connectivity index (χ1n) is 9.33. The van der Waals surface area contributed by atoms with Gasteiger partial charge in [-0.05, 0) is 42.8 Å². The molecular formula is C21H19N5O3S. The summed E-state index contributed by atoms with van der Waals surface area (Å²) >= 11 is 1.33. The molecule has 2 N–H and O–H groups in total. The minimum Gasteiger partial charge on any atom is -0.463 e. The van der Waals surface area contributed by atoms with Crippen molar-refractivity contribution in [3.8, 4) is 0 Å². The average molecular weight is 421 g/mol. The second kappa shape index (κ2) is 8.83. The van der Waals surface area contributed by atoms with Crippen molar-refractivity contribution in [1.82, 2.24) is 19.6 Å². The zero-order chi connectivity index (χ0) is 20.9. The molecule has 4 aromatic rings. The van der Waals surface area contributed by atoms with Crippen LogP contribution in [0.1, 0.15) is 12.5 Å². The lowest BCUT2D eigenvalue weighted by molar-refractivity contribution is -0.137. The van der Waals surface area contributed by atoms with Crippen molar-refractivity contribution in [3.63, 3.8) is 0 Å². The number of nitrogens with one attached hydrogen (secondary N) is 2. The molecule has 2 aromatic carbocycles. The maximum absolute atomic E-state index is 12.3. The van der Waals surface area contributed by atoms with E-state index < -0.39 is 0 Å². The summed E-state index contributed by atoms with van der Waals surface area (Å²) in [7, 11) is 0. The highest BCUT2D eigenvalue weighted by Crippen LogP contribution is 2.23. The lowest BCUT2D eigenvalue weighted by atomic mass is 10.2. The summed E-state index contributed by atoms with van der Waals surface area (Å²) in [4.78, 5) is 28.2. The first kappa shape index (κ1) is 19.7. The van der Waals surface area contributed by atoms with Gasteiger partial charge in [0.25, 0.3) is 0 Å². The summed E-state index contributed by atoms with van der Waals surface area (Å²) in [5.41, 5.74) is 3.32. The summed E-state index contributed by atoms with van der Waals surface area (Å²) in [5.74, 6) is 0.322. The lowest BCUT2D eigenvalue weighted by Crippen LogP contribution is -2.14. The van der Waals surface area contributed by atoms with Gasteiger partial charge in [0.05, 0.1) is 23.4 Å². The van der Waals surface area contributed by atoms with Crippen LogP contribution in [-0.2, 0) is 14.3 Å². The van der Waals surface area contributed by atoms with Gasteiger partial charge in [0.15, 0.2) is 5.16 Å². The van der Waals surface area contributed by atoms with Gasteiger partial charge in [-0.3, -0.25) is 9.20 Å². The van der Waals surface area contributed by atoms with Crippen LogP contribution in [-0.4, -0.2) is 43.8 Å². The summed E-state index contributed by atoms with van der Waals surface area (Å²) < 4.78 is 6.75. The van der Waals surface area contributed by atoms with Gasteiger partial charge >= 0.3 is 5.97 Å². The lowest BCUT2D eigenvalue weighted by Gasteiger charge is -2.05. The van der Waals surface area contributed by atoms with Crippen molar-refractivity contribution < 1.29 is 14.3 Å². The van der Waals surface area contributed by atoms with Gasteiger partial charge < -0.3 is 10.1 Å². The van der Waals surface area contributed by atoms with Gasteiger partial charge in [-0.1, -0.05) is 36.0 Å². The Kier molecular flexibility index (Phi) is 5.80. The number of esters is 1. The van der Waals surface area contributed by atoms with E-state index in [0.29, 0.717) is 23.2 Å². The molecule has 2 aromatic heterocycles. The van der Waals surface area contributed by atoms with E-state index in [-0.39, 0.29) is 17.6 Å². The van der Waals surface area contributed by atoms with E-state index in [1.807, 2.05) is 40.8 Å². The van der Waals surface area contributed by atoms with Crippen LogP contribution >= 0.6 is 11.8 Å². The van der Waals surface area contributed by atoms with Gasteiger partial charge in [-0.2, -0.15) is 0 Å². The van der Waals surface area contributed by atoms with Crippen LogP contribution in [0.5, 0.6) is 0 Å². The molecule has 0 aliphatic carbocycles. The molecule has 0 bridgehead atoms. The largest absolute Gasteiger partial charge is 0.463 e. The van der Waals surface area contributed by atoms with Crippen molar-refractivity contribution in [3.05, 3.63) is 60.2 Å². The molecule has 4 rings (SSSR count). The Morgan fingerprint density at radius 3 is 2.80 bits per heavy atom. The van der Waals surface area contributed by atoms with Crippen LogP contribution in [0.15, 0.2) is 59.8 Å². The molecule has 0 saturated carbocycles. The number of anilines is 1. The Labute approximate surface area is 176 Å². The first-order chi connectivity index (χ1) is 14.6. The van der Waals surface area contributed by atoms with Gasteiger partial charge in [0, 0.05) is 11.8 Å². The highest BCUT2D eigenvalue weighted by atomic mass is 32.2. The predicted molar refractivity (Wildman–Crippen MR) is 116 cm³/mol. The fourth-order valence-corrected chi connectivity index (χ4v) is 3.66. The van der Waals surface area contributed by atoms with Gasteiger partial charge in [0.2, 0.25) is 11.7 Å². The first-order valence-corrected chi connectivity index (χ1v) is 10.3. The number of hydrogen-bond acceptors (Lipinski definition) is 6. The molecule has 0 atom stereocenters. The normalized spacial score (nSPS) is 11.4. The number of aromatic nitrogens is 4. The summed E-state index contributed by atoms with van der Waals surface area (Å²) in [6.07, 6.45) is 3.04. The van der Waals surface area contributed by atoms with Crippen LogP contribution in [0.3, 0.4) is 0 Å². The Hall–Kier alpha value is -3.59. The molecule has 9 heteroatoms. The van der Waals surface area contributed by atoms with Gasteiger partial charge in [-0.15, -0.1) is 5.10 Å². The molecule has 0 saturated heterocycles. The number of rotatable bonds is 7. The van der Waals surface area contributed by atoms with Crippen molar-refractivity contribution in [1.29, 1.82) is 0 Å². The molecule has 1 amide bonds. The molecular weight excluding hydrogens is 402 g/mol. The SMILES string of the molecule is CCOC(=O)C=Cc1ccc(NC(=O)CSc2n[nH]c3nc4ccccc4n23)cc1. The number of para-hydroxylation sites is 2. The number of thioether (sulfide) groups is 1. The number of aromatic amines is 1. The smallest absolute Gasteiger partial charge is 0.330 e. The molecule has 0 spiro atoms. The molecule has 8 nitrogen and oxygen atoms in total. The molecule has 0 radical (unpaired) electrons. The Balaban J connectivity index is 1.36. The number of carbonyl (C=O) groups is 2. The molecule has 152 valence electrons. The van der Waals surface area contributed by atoms with Crippen molar-refractivity contribution in [2.75, 3.05) is 17.7 Å². The van der Waals surface area contributed by atoms with E-state index in [9.17, 15) is 9.59 Å². The molecule has 0 fully saturated rings. The van der Waals surface area contributed by atoms with Crippen LogP contribution in [0.4, 0.5) is 5.69 Å². The van der Waals surface area contributed by atoms with Crippen LogP contribution in [0.2, 0.25) is 0 Å². The molecule has 0 unspecified atom stereocenters. The van der Waals surface area contributed by atoms with Crippen LogP contribution in [0.25, 0.3) is 22.9 Å². The molecule has 2 heterocycles. The Bertz CT molecular complexity index is 1230. The minimum absolute atomic E-state index is 0.143. The maximum atomic E-state index is 12.3. The number of H-pyrrole nitrogens is 1. The highest BCUT2D eigenvalue weighted by molar-refractivity contribution is 7.99. The predicted octanol–water partition coefficient (Wildman–Crippen LogP) is 3.52. The fraction of sp³-hybridized carbons (Fsp3) is 0.143. The van der Waals surface area contributed by atoms with E-state index >= 15 is 0 Å². The number of benzene rings is 2. The fourth-order valence-electron chi connectivity index (χ4n) is 2.90. The van der Waals surface area contributed by atoms with Crippen molar-refractivity contribution in [2.24, 2.45) is 0 Å². The Morgan fingerprint density at radius 1 is 1.20 bits per heavy atom. The summed E-state index contributed by atoms with van der Waals surface area (Å²) in [5, 5.41) is 10.7. The van der Waals surface area contributed by atoms with Gasteiger partial charge in [-0.25, -0.2) is 14.9 Å². The molecule has 30 heavy (non-hydrogen) atoms.